The van der Waals surface area contributed by atoms with Crippen LogP contribution in [-0.4, -0.2) is 34.1 Å². The summed E-state index contributed by atoms with van der Waals surface area (Å²) in [4.78, 5) is 24.5. The van der Waals surface area contributed by atoms with E-state index in [0.29, 0.717) is 24.1 Å². The van der Waals surface area contributed by atoms with E-state index in [2.05, 4.69) is 6.58 Å². The van der Waals surface area contributed by atoms with E-state index >= 15 is 0 Å². The van der Waals surface area contributed by atoms with E-state index in [1.54, 1.807) is 0 Å². The first-order valence-corrected chi connectivity index (χ1v) is 9.19. The zero-order valence-corrected chi connectivity index (χ0v) is 16.0. The Hall–Kier alpha value is -2.22. The third kappa shape index (κ3) is 7.13. The number of ketones is 1. The van der Waals surface area contributed by atoms with E-state index in [1.807, 2.05) is 0 Å². The molecule has 1 N–H and O–H groups in total. The molecule has 0 unspecified atom stereocenters. The SMILES string of the molecule is C=C(SCC(=C/C=C(\C)F)/C(F)=C/F)N(CC(=O)O)C1=C(C(C)=O)CCC1. The van der Waals surface area contributed by atoms with Crippen LogP contribution in [0.1, 0.15) is 33.1 Å². The Balaban J connectivity index is 3.05. The van der Waals surface area contributed by atoms with E-state index in [4.69, 9.17) is 0 Å². The minimum absolute atomic E-state index is 0.0896. The third-order valence-corrected chi connectivity index (χ3v) is 4.85. The third-order valence-electron chi connectivity index (χ3n) is 3.84. The molecule has 27 heavy (non-hydrogen) atoms. The summed E-state index contributed by atoms with van der Waals surface area (Å²) in [5.74, 6) is -3.06. The Morgan fingerprint density at radius 2 is 1.93 bits per heavy atom. The van der Waals surface area contributed by atoms with Crippen molar-refractivity contribution >= 4 is 23.5 Å². The first-order valence-electron chi connectivity index (χ1n) is 8.20. The van der Waals surface area contributed by atoms with Crippen molar-refractivity contribution in [1.82, 2.24) is 4.90 Å². The van der Waals surface area contributed by atoms with E-state index in [-0.39, 0.29) is 28.5 Å². The van der Waals surface area contributed by atoms with Crippen LogP contribution in [0.2, 0.25) is 0 Å². The van der Waals surface area contributed by atoms with E-state index in [9.17, 15) is 27.9 Å². The predicted molar refractivity (Wildman–Crippen MR) is 101 cm³/mol. The Labute approximate surface area is 160 Å². The maximum atomic E-state index is 13.6. The second-order valence-corrected chi connectivity index (χ2v) is 6.95. The van der Waals surface area contributed by atoms with Crippen molar-refractivity contribution in [2.24, 2.45) is 0 Å². The maximum Gasteiger partial charge on any atom is 0.323 e. The lowest BCUT2D eigenvalue weighted by Crippen LogP contribution is -2.28. The molecule has 148 valence electrons. The molecule has 1 rings (SSSR count). The number of aliphatic carboxylic acids is 1. The lowest BCUT2D eigenvalue weighted by molar-refractivity contribution is -0.137. The van der Waals surface area contributed by atoms with Crippen molar-refractivity contribution in [2.75, 3.05) is 12.3 Å². The van der Waals surface area contributed by atoms with Crippen LogP contribution in [-0.2, 0) is 9.59 Å². The molecular weight excluding hydrogens is 379 g/mol. The van der Waals surface area contributed by atoms with Crippen molar-refractivity contribution in [1.29, 1.82) is 0 Å². The fraction of sp³-hybridized carbons (Fsp3) is 0.368. The van der Waals surface area contributed by atoms with Gasteiger partial charge in [-0.1, -0.05) is 12.7 Å². The molecule has 0 radical (unpaired) electrons. The van der Waals surface area contributed by atoms with Gasteiger partial charge in [0.15, 0.2) is 11.6 Å². The molecule has 1 aliphatic carbocycles. The quantitative estimate of drug-likeness (QED) is 0.511. The van der Waals surface area contributed by atoms with Crippen molar-refractivity contribution in [3.8, 4) is 0 Å². The smallest absolute Gasteiger partial charge is 0.323 e. The summed E-state index contributed by atoms with van der Waals surface area (Å²) in [5, 5.41) is 9.47. The number of halogens is 3. The highest BCUT2D eigenvalue weighted by atomic mass is 32.2. The van der Waals surface area contributed by atoms with Crippen LogP contribution in [0.3, 0.4) is 0 Å². The first kappa shape index (κ1) is 22.8. The van der Waals surface area contributed by atoms with Crippen molar-refractivity contribution in [3.05, 3.63) is 58.6 Å². The lowest BCUT2D eigenvalue weighted by atomic mass is 10.1. The number of carbonyl (C=O) groups is 2. The van der Waals surface area contributed by atoms with E-state index in [1.165, 1.54) is 18.7 Å². The maximum absolute atomic E-state index is 13.6. The summed E-state index contributed by atoms with van der Waals surface area (Å²) in [6.45, 7) is 6.01. The molecule has 0 spiro atoms. The topological polar surface area (TPSA) is 57.6 Å². The number of nitrogens with zero attached hydrogens (tertiary/aromatic N) is 1. The summed E-state index contributed by atoms with van der Waals surface area (Å²) in [7, 11) is 0. The van der Waals surface area contributed by atoms with Crippen LogP contribution < -0.4 is 0 Å². The normalized spacial score (nSPS) is 16.0. The summed E-state index contributed by atoms with van der Waals surface area (Å²) in [6, 6.07) is 0. The van der Waals surface area contributed by atoms with Gasteiger partial charge < -0.3 is 10.0 Å². The first-order chi connectivity index (χ1) is 12.7. The summed E-state index contributed by atoms with van der Waals surface area (Å²) < 4.78 is 39.1. The van der Waals surface area contributed by atoms with Crippen LogP contribution in [0.4, 0.5) is 13.2 Å². The van der Waals surface area contributed by atoms with Gasteiger partial charge in [0, 0.05) is 22.6 Å². The number of carbonyl (C=O) groups excluding carboxylic acids is 1. The molecule has 0 bridgehead atoms. The van der Waals surface area contributed by atoms with Crippen LogP contribution in [0.5, 0.6) is 0 Å². The Morgan fingerprint density at radius 1 is 1.26 bits per heavy atom. The molecule has 0 heterocycles. The second-order valence-electron chi connectivity index (χ2n) is 5.90. The van der Waals surface area contributed by atoms with Gasteiger partial charge in [-0.2, -0.15) is 0 Å². The lowest BCUT2D eigenvalue weighted by Gasteiger charge is -2.27. The minimum atomic E-state index is -1.15. The second kappa shape index (κ2) is 10.8. The van der Waals surface area contributed by atoms with Crippen molar-refractivity contribution in [3.63, 3.8) is 0 Å². The number of carboxylic acids is 1. The number of allylic oxidation sites excluding steroid dienone is 6. The molecular formula is C19H22F3NO3S. The number of rotatable bonds is 10. The van der Waals surface area contributed by atoms with Crippen molar-refractivity contribution in [2.45, 2.75) is 33.1 Å². The van der Waals surface area contributed by atoms with E-state index < -0.39 is 24.2 Å². The van der Waals surface area contributed by atoms with Gasteiger partial charge in [-0.05, 0) is 39.2 Å². The van der Waals surface area contributed by atoms with Gasteiger partial charge in [0.25, 0.3) is 0 Å². The van der Waals surface area contributed by atoms with Gasteiger partial charge >= 0.3 is 5.97 Å². The fourth-order valence-electron chi connectivity index (χ4n) is 2.60. The van der Waals surface area contributed by atoms with Gasteiger partial charge in [0.2, 0.25) is 0 Å². The number of Topliss-reactive ketones (excluding diaryl/α,β-unsaturated/α-hetero) is 1. The summed E-state index contributed by atoms with van der Waals surface area (Å²) in [6.07, 6.45) is 3.71. The predicted octanol–water partition coefficient (Wildman–Crippen LogP) is 5.18. The monoisotopic (exact) mass is 401 g/mol. The Bertz CT molecular complexity index is 734. The Morgan fingerprint density at radius 3 is 2.44 bits per heavy atom. The molecule has 0 aliphatic heterocycles. The van der Waals surface area contributed by atoms with Gasteiger partial charge in [-0.3, -0.25) is 9.59 Å². The van der Waals surface area contributed by atoms with Gasteiger partial charge in [-0.15, -0.1) is 11.8 Å². The van der Waals surface area contributed by atoms with Crippen LogP contribution in [0, 0.1) is 0 Å². The summed E-state index contributed by atoms with van der Waals surface area (Å²) in [5.41, 5.74) is 1.04. The number of hydrogen-bond acceptors (Lipinski definition) is 4. The molecule has 0 aromatic heterocycles. The molecule has 0 aromatic rings. The fourth-order valence-corrected chi connectivity index (χ4v) is 3.48. The highest BCUT2D eigenvalue weighted by Crippen LogP contribution is 2.35. The number of thioether (sulfide) groups is 1. The molecule has 0 fully saturated rings. The Kier molecular flexibility index (Phi) is 9.14. The van der Waals surface area contributed by atoms with Crippen LogP contribution in [0.25, 0.3) is 0 Å². The highest BCUT2D eigenvalue weighted by Gasteiger charge is 2.26. The zero-order chi connectivity index (χ0) is 20.6. The molecule has 0 saturated carbocycles. The summed E-state index contributed by atoms with van der Waals surface area (Å²) >= 11 is 0.986. The molecule has 0 aromatic carbocycles. The molecule has 1 aliphatic rings. The van der Waals surface area contributed by atoms with E-state index in [0.717, 1.165) is 30.3 Å². The van der Waals surface area contributed by atoms with Gasteiger partial charge in [0.1, 0.15) is 12.9 Å². The van der Waals surface area contributed by atoms with Gasteiger partial charge in [-0.25, -0.2) is 13.2 Å². The molecule has 8 heteroatoms. The molecule has 0 amide bonds. The molecule has 4 nitrogen and oxygen atoms in total. The standard InChI is InChI=1S/C19H22F3NO3S/c1-12(21)7-8-15(17(22)9-20)11-27-14(3)23(10-19(25)26)18-6-4-5-16(18)13(2)24/h7-9H,3-6,10-11H2,1-2H3,(H,25,26)/b12-7+,15-8-,17-9-. The number of hydrogen-bond donors (Lipinski definition) is 1. The van der Waals surface area contributed by atoms with Gasteiger partial charge in [0.05, 0.1) is 10.9 Å². The largest absolute Gasteiger partial charge is 0.480 e. The average molecular weight is 401 g/mol. The molecule has 0 atom stereocenters. The zero-order valence-electron chi connectivity index (χ0n) is 15.2. The number of carboxylic acid groups (broad SMARTS) is 1. The molecule has 0 saturated heterocycles. The highest BCUT2D eigenvalue weighted by molar-refractivity contribution is 8.03. The van der Waals surface area contributed by atoms with Crippen molar-refractivity contribution < 1.29 is 27.9 Å². The van der Waals surface area contributed by atoms with Crippen LogP contribution in [0.15, 0.2) is 58.6 Å². The van der Waals surface area contributed by atoms with Crippen LogP contribution >= 0.6 is 11.8 Å². The average Bonchev–Trinajstić information content (AvgIpc) is 3.08. The minimum Gasteiger partial charge on any atom is -0.480 e.